The van der Waals surface area contributed by atoms with E-state index in [-0.39, 0.29) is 34.4 Å². The summed E-state index contributed by atoms with van der Waals surface area (Å²) < 4.78 is 0.617. The predicted molar refractivity (Wildman–Crippen MR) is 139 cm³/mol. The first kappa shape index (κ1) is 26.9. The van der Waals surface area contributed by atoms with E-state index >= 15 is 0 Å². The van der Waals surface area contributed by atoms with Crippen molar-refractivity contribution in [2.75, 3.05) is 24.3 Å². The van der Waals surface area contributed by atoms with E-state index in [1.165, 1.54) is 52.3 Å². The van der Waals surface area contributed by atoms with E-state index < -0.39 is 35.2 Å². The Labute approximate surface area is 226 Å². The predicted octanol–water partition coefficient (Wildman–Crippen LogP) is 0.999. The lowest BCUT2D eigenvalue weighted by atomic mass is 10.0. The van der Waals surface area contributed by atoms with Crippen LogP contribution in [0.1, 0.15) is 16.3 Å². The van der Waals surface area contributed by atoms with Gasteiger partial charge in [-0.05, 0) is 12.5 Å². The fourth-order valence-corrected chi connectivity index (χ4v) is 7.87. The second-order valence-electron chi connectivity index (χ2n) is 7.66. The van der Waals surface area contributed by atoms with Crippen LogP contribution in [0.3, 0.4) is 0 Å². The molecule has 0 aromatic carbocycles. The Balaban J connectivity index is 1.47. The molecule has 2 aliphatic rings. The average molecular weight is 585 g/mol. The second-order valence-corrected chi connectivity index (χ2v) is 12.0. The summed E-state index contributed by atoms with van der Waals surface area (Å²) in [6.45, 7) is 1.72. The quantitative estimate of drug-likeness (QED) is 0.134. The smallest absolute Gasteiger partial charge is 0.352 e. The van der Waals surface area contributed by atoms with Gasteiger partial charge in [-0.3, -0.25) is 19.3 Å². The van der Waals surface area contributed by atoms with Crippen LogP contribution in [0.4, 0.5) is 5.13 Å². The van der Waals surface area contributed by atoms with Gasteiger partial charge in [-0.1, -0.05) is 16.9 Å². The van der Waals surface area contributed by atoms with Gasteiger partial charge in [0.2, 0.25) is 0 Å². The van der Waals surface area contributed by atoms with Gasteiger partial charge in [-0.2, -0.15) is 0 Å². The van der Waals surface area contributed by atoms with Crippen LogP contribution in [-0.4, -0.2) is 84.6 Å². The number of hydrogen-bond donors (Lipinski definition) is 4. The molecule has 2 aliphatic heterocycles. The zero-order valence-corrected chi connectivity index (χ0v) is 22.6. The van der Waals surface area contributed by atoms with Crippen molar-refractivity contribution < 1.29 is 34.2 Å². The zero-order valence-electron chi connectivity index (χ0n) is 19.3. The van der Waals surface area contributed by atoms with E-state index in [9.17, 15) is 24.3 Å². The van der Waals surface area contributed by atoms with Gasteiger partial charge in [-0.15, -0.1) is 34.4 Å². The van der Waals surface area contributed by atoms with Crippen LogP contribution < -0.4 is 11.1 Å². The summed E-state index contributed by atoms with van der Waals surface area (Å²) in [5, 5.41) is 26.3. The van der Waals surface area contributed by atoms with E-state index in [4.69, 9.17) is 15.7 Å². The molecular formula is C20H20N6O7S4. The van der Waals surface area contributed by atoms with E-state index in [2.05, 4.69) is 20.4 Å². The number of β-lactam (4-membered cyclic amide) rings is 1. The number of hydrogen-bond acceptors (Lipinski definition) is 13. The summed E-state index contributed by atoms with van der Waals surface area (Å²) in [5.41, 5.74) is 6.70. The van der Waals surface area contributed by atoms with Crippen LogP contribution in [0.15, 0.2) is 26.1 Å². The number of carboxylic acid groups (broad SMARTS) is 2. The molecule has 2 aromatic heterocycles. The van der Waals surface area contributed by atoms with E-state index in [0.717, 1.165) is 11.3 Å². The first-order valence-corrected chi connectivity index (χ1v) is 14.2. The summed E-state index contributed by atoms with van der Waals surface area (Å²) in [7, 11) is 1.26. The number of nitrogens with two attached hydrogens (primary N) is 1. The van der Waals surface area contributed by atoms with E-state index in [1.807, 2.05) is 0 Å². The van der Waals surface area contributed by atoms with Gasteiger partial charge >= 0.3 is 11.9 Å². The second kappa shape index (κ2) is 11.1. The molecule has 0 aliphatic carbocycles. The van der Waals surface area contributed by atoms with Crippen LogP contribution in [-0.2, 0) is 30.4 Å². The largest absolute Gasteiger partial charge is 0.481 e. The number of aromatic nitrogens is 2. The van der Waals surface area contributed by atoms with Gasteiger partial charge in [0.25, 0.3) is 11.8 Å². The van der Waals surface area contributed by atoms with Crippen LogP contribution >= 0.6 is 46.2 Å². The number of fused-ring (bicyclic) bond motifs is 1. The van der Waals surface area contributed by atoms with Crippen molar-refractivity contribution in [2.45, 2.75) is 29.1 Å². The highest BCUT2D eigenvalue weighted by atomic mass is 32.2. The minimum Gasteiger partial charge on any atom is -0.481 e. The Kier molecular flexibility index (Phi) is 8.05. The van der Waals surface area contributed by atoms with Crippen molar-refractivity contribution in [1.82, 2.24) is 20.2 Å². The molecule has 0 bridgehead atoms. The van der Waals surface area contributed by atoms with Crippen molar-refractivity contribution in [3.63, 3.8) is 0 Å². The number of amides is 2. The molecule has 0 unspecified atom stereocenters. The summed E-state index contributed by atoms with van der Waals surface area (Å²) in [5.74, 6) is -2.89. The molecule has 2 atom stereocenters. The van der Waals surface area contributed by atoms with Crippen LogP contribution in [0.2, 0.25) is 0 Å². The number of aliphatic carboxylic acids is 2. The maximum Gasteiger partial charge on any atom is 0.352 e. The number of carbonyl (C=O) groups excluding carboxylic acids is 2. The number of carboxylic acids is 2. The third kappa shape index (κ3) is 5.58. The lowest BCUT2D eigenvalue weighted by molar-refractivity contribution is -0.150. The molecule has 0 saturated carbocycles. The zero-order chi connectivity index (χ0) is 26.9. The first-order valence-electron chi connectivity index (χ1n) is 10.4. The van der Waals surface area contributed by atoms with Gasteiger partial charge < -0.3 is 26.1 Å². The number of anilines is 1. The van der Waals surface area contributed by atoms with Gasteiger partial charge in [0.05, 0.1) is 12.1 Å². The van der Waals surface area contributed by atoms with Crippen molar-refractivity contribution >= 4 is 80.8 Å². The lowest BCUT2D eigenvalue weighted by Crippen LogP contribution is -2.71. The minimum atomic E-state index is -1.25. The van der Waals surface area contributed by atoms with Crippen LogP contribution in [0, 0.1) is 6.92 Å². The number of aryl methyl sites for hydroxylation is 1. The maximum absolute atomic E-state index is 13.0. The molecule has 4 rings (SSSR count). The molecule has 196 valence electrons. The van der Waals surface area contributed by atoms with Gasteiger partial charge in [0.1, 0.15) is 29.9 Å². The van der Waals surface area contributed by atoms with Crippen LogP contribution in [0.5, 0.6) is 0 Å². The van der Waals surface area contributed by atoms with Crippen molar-refractivity contribution in [1.29, 1.82) is 0 Å². The first-order chi connectivity index (χ1) is 17.6. The fraction of sp³-hybridized carbons (Fsp3) is 0.350. The number of oxime groups is 1. The maximum atomic E-state index is 13.0. The number of nitrogens with one attached hydrogen (secondary N) is 1. The number of carbonyl (C=O) groups is 4. The molecule has 0 radical (unpaired) electrons. The molecule has 4 heterocycles. The molecule has 0 spiro atoms. The molecule has 2 aromatic rings. The molecule has 5 N–H and O–H groups in total. The number of rotatable bonds is 10. The third-order valence-electron chi connectivity index (χ3n) is 5.25. The number of nitrogen functional groups attached to an aromatic ring is 1. The number of thioether (sulfide) groups is 2. The summed E-state index contributed by atoms with van der Waals surface area (Å²) in [4.78, 5) is 63.9. The monoisotopic (exact) mass is 584 g/mol. The van der Waals surface area contributed by atoms with Crippen molar-refractivity contribution in [3.8, 4) is 0 Å². The highest BCUT2D eigenvalue weighted by molar-refractivity contribution is 8.01. The van der Waals surface area contributed by atoms with E-state index in [1.54, 1.807) is 6.92 Å². The van der Waals surface area contributed by atoms with Crippen LogP contribution in [0.25, 0.3) is 0 Å². The van der Waals surface area contributed by atoms with Gasteiger partial charge in [0, 0.05) is 21.8 Å². The highest BCUT2D eigenvalue weighted by Crippen LogP contribution is 2.42. The third-order valence-corrected chi connectivity index (χ3v) is 9.65. The number of thiazole rings is 2. The molecular weight excluding hydrogens is 565 g/mol. The minimum absolute atomic E-state index is 0.121. The highest BCUT2D eigenvalue weighted by Gasteiger charge is 2.54. The van der Waals surface area contributed by atoms with E-state index in [0.29, 0.717) is 26.2 Å². The average Bonchev–Trinajstić information content (AvgIpc) is 3.42. The Morgan fingerprint density at radius 3 is 2.73 bits per heavy atom. The molecule has 13 nitrogen and oxygen atoms in total. The standard InChI is InChI=1S/C20H20N6O7S4/c1-7-10(3-11(27)28)37-20(22-7)36-5-8-4-34-17-13(16(30)26(17)14(8)18(31)32)24-15(29)12(25-33-2)9-6-35-19(21)23-9/h6,13,17H,3-5H2,1-2H3,(H2,21,23)(H,24,29)(H,27,28)(H,31,32)/t13-,17+/m1/s1. The Hall–Kier alpha value is -3.15. The Bertz CT molecular complexity index is 1340. The number of nitrogens with zero attached hydrogens (tertiary/aromatic N) is 4. The normalized spacial score (nSPS) is 19.4. The Morgan fingerprint density at radius 2 is 2.11 bits per heavy atom. The molecule has 17 heteroatoms. The molecule has 37 heavy (non-hydrogen) atoms. The SMILES string of the molecule is CON=C(C(=O)N[C@@H]1C(=O)N2C(C(=O)O)=C(CSc3nc(C)c(CC(=O)O)s3)CS[C@@H]12)c1csc(N)n1. The van der Waals surface area contributed by atoms with Gasteiger partial charge in [-0.25, -0.2) is 14.8 Å². The van der Waals surface area contributed by atoms with Crippen molar-refractivity contribution in [3.05, 3.63) is 32.9 Å². The van der Waals surface area contributed by atoms with Gasteiger partial charge in [0.15, 0.2) is 15.2 Å². The molecule has 2 amide bonds. The lowest BCUT2D eigenvalue weighted by Gasteiger charge is -2.49. The molecule has 1 saturated heterocycles. The summed E-state index contributed by atoms with van der Waals surface area (Å²) in [6.07, 6.45) is -0.132. The fourth-order valence-electron chi connectivity index (χ4n) is 3.61. The summed E-state index contributed by atoms with van der Waals surface area (Å²) in [6, 6.07) is -0.959. The Morgan fingerprint density at radius 1 is 1.35 bits per heavy atom. The topological polar surface area (TPSA) is 197 Å². The van der Waals surface area contributed by atoms with Crippen molar-refractivity contribution in [2.24, 2.45) is 5.16 Å². The summed E-state index contributed by atoms with van der Waals surface area (Å²) >= 11 is 4.98. The molecule has 1 fully saturated rings.